The Morgan fingerprint density at radius 3 is 2.94 bits per heavy atom. The van der Waals surface area contributed by atoms with Gasteiger partial charge >= 0.3 is 0 Å². The van der Waals surface area contributed by atoms with Crippen molar-refractivity contribution < 1.29 is 0 Å². The third-order valence-corrected chi connectivity index (χ3v) is 4.27. The molecule has 0 saturated heterocycles. The van der Waals surface area contributed by atoms with E-state index in [2.05, 4.69) is 54.4 Å². The maximum absolute atomic E-state index is 4.64. The lowest BCUT2D eigenvalue weighted by molar-refractivity contribution is 0.205. The van der Waals surface area contributed by atoms with Gasteiger partial charge in [-0.1, -0.05) is 0 Å². The molecule has 3 rings (SSSR count). The summed E-state index contributed by atoms with van der Waals surface area (Å²) in [6.45, 7) is 8.08. The van der Waals surface area contributed by atoms with Crippen molar-refractivity contribution in [1.29, 1.82) is 0 Å². The molecule has 2 aromatic rings. The van der Waals surface area contributed by atoms with Gasteiger partial charge in [0.2, 0.25) is 0 Å². The van der Waals surface area contributed by atoms with Gasteiger partial charge in [0.05, 0.1) is 28.6 Å². The highest BCUT2D eigenvalue weighted by atomic mass is 79.9. The molecule has 1 aliphatic rings. The highest BCUT2D eigenvalue weighted by molar-refractivity contribution is 9.10. The van der Waals surface area contributed by atoms with Crippen molar-refractivity contribution in [2.75, 3.05) is 6.54 Å². The van der Waals surface area contributed by atoms with Crippen LogP contribution in [0.1, 0.15) is 22.9 Å². The number of aromatic amines is 1. The van der Waals surface area contributed by atoms with E-state index in [1.807, 2.05) is 0 Å². The number of rotatable bonds is 2. The predicted molar refractivity (Wildman–Crippen MR) is 72.1 cm³/mol. The SMILES string of the molecule is Cc1nc2n(c1C)CCN(Cc1[nH]ncc1Br)C2. The molecule has 0 radical (unpaired) electrons. The second kappa shape index (κ2) is 4.51. The number of imidazole rings is 1. The van der Waals surface area contributed by atoms with Gasteiger partial charge in [-0.15, -0.1) is 0 Å². The molecule has 0 aliphatic carbocycles. The van der Waals surface area contributed by atoms with E-state index >= 15 is 0 Å². The van der Waals surface area contributed by atoms with Crippen molar-refractivity contribution in [3.05, 3.63) is 33.6 Å². The van der Waals surface area contributed by atoms with E-state index in [-0.39, 0.29) is 0 Å². The third kappa shape index (κ3) is 1.99. The largest absolute Gasteiger partial charge is 0.330 e. The highest BCUT2D eigenvalue weighted by Gasteiger charge is 2.21. The van der Waals surface area contributed by atoms with E-state index in [1.54, 1.807) is 6.20 Å². The Morgan fingerprint density at radius 1 is 1.39 bits per heavy atom. The normalized spacial score (nSPS) is 15.9. The van der Waals surface area contributed by atoms with E-state index in [4.69, 9.17) is 0 Å². The highest BCUT2D eigenvalue weighted by Crippen LogP contribution is 2.20. The zero-order valence-electron chi connectivity index (χ0n) is 10.6. The first-order valence-electron chi connectivity index (χ1n) is 6.08. The molecule has 0 unspecified atom stereocenters. The van der Waals surface area contributed by atoms with Gasteiger partial charge in [-0.05, 0) is 29.8 Å². The summed E-state index contributed by atoms with van der Waals surface area (Å²) in [6, 6.07) is 0. The first-order valence-corrected chi connectivity index (χ1v) is 6.87. The van der Waals surface area contributed by atoms with Crippen LogP contribution in [0.5, 0.6) is 0 Å². The van der Waals surface area contributed by atoms with Crippen molar-refractivity contribution in [3.63, 3.8) is 0 Å². The van der Waals surface area contributed by atoms with E-state index in [0.717, 1.165) is 42.0 Å². The molecular weight excluding hydrogens is 294 g/mol. The second-order valence-corrected chi connectivity index (χ2v) is 5.61. The van der Waals surface area contributed by atoms with Crippen LogP contribution in [-0.4, -0.2) is 31.2 Å². The van der Waals surface area contributed by atoms with Crippen LogP contribution in [0.2, 0.25) is 0 Å². The molecule has 6 heteroatoms. The molecule has 0 amide bonds. The van der Waals surface area contributed by atoms with Gasteiger partial charge in [0.25, 0.3) is 0 Å². The summed E-state index contributed by atoms with van der Waals surface area (Å²) in [5.41, 5.74) is 3.57. The molecule has 1 N–H and O–H groups in total. The first kappa shape index (κ1) is 11.9. The van der Waals surface area contributed by atoms with Crippen LogP contribution in [-0.2, 0) is 19.6 Å². The summed E-state index contributed by atoms with van der Waals surface area (Å²) in [7, 11) is 0. The summed E-state index contributed by atoms with van der Waals surface area (Å²) >= 11 is 3.50. The topological polar surface area (TPSA) is 49.7 Å². The number of H-pyrrole nitrogens is 1. The van der Waals surface area contributed by atoms with Gasteiger partial charge in [0, 0.05) is 25.3 Å². The average Bonchev–Trinajstić information content (AvgIpc) is 2.86. The third-order valence-electron chi connectivity index (χ3n) is 3.59. The summed E-state index contributed by atoms with van der Waals surface area (Å²) < 4.78 is 3.37. The van der Waals surface area contributed by atoms with Crippen LogP contribution in [0.4, 0.5) is 0 Å². The van der Waals surface area contributed by atoms with Gasteiger partial charge in [-0.2, -0.15) is 5.10 Å². The van der Waals surface area contributed by atoms with Crippen molar-refractivity contribution in [1.82, 2.24) is 24.6 Å². The monoisotopic (exact) mass is 309 g/mol. The van der Waals surface area contributed by atoms with Crippen LogP contribution < -0.4 is 0 Å². The molecule has 0 aromatic carbocycles. The number of hydrogen-bond acceptors (Lipinski definition) is 3. The summed E-state index contributed by atoms with van der Waals surface area (Å²) in [6.07, 6.45) is 1.80. The standard InChI is InChI=1S/C12H16BrN5/c1-8-9(2)18-4-3-17(7-12(18)15-8)6-11-10(13)5-14-16-11/h5H,3-4,6-7H2,1-2H3,(H,14,16). The number of fused-ring (bicyclic) bond motifs is 1. The van der Waals surface area contributed by atoms with Gasteiger partial charge in [-0.3, -0.25) is 10.00 Å². The number of halogens is 1. The Hall–Kier alpha value is -1.14. The fourth-order valence-electron chi connectivity index (χ4n) is 2.43. The molecule has 0 saturated carbocycles. The van der Waals surface area contributed by atoms with Crippen LogP contribution in [0.3, 0.4) is 0 Å². The van der Waals surface area contributed by atoms with Crippen molar-refractivity contribution in [2.24, 2.45) is 0 Å². The number of aromatic nitrogens is 4. The number of hydrogen-bond donors (Lipinski definition) is 1. The number of aryl methyl sites for hydroxylation is 1. The van der Waals surface area contributed by atoms with Gasteiger partial charge in [0.1, 0.15) is 5.82 Å². The van der Waals surface area contributed by atoms with E-state index < -0.39 is 0 Å². The first-order chi connectivity index (χ1) is 8.65. The Labute approximate surface area is 114 Å². The molecule has 18 heavy (non-hydrogen) atoms. The summed E-state index contributed by atoms with van der Waals surface area (Å²) in [5.74, 6) is 1.17. The van der Waals surface area contributed by atoms with E-state index in [1.165, 1.54) is 11.5 Å². The zero-order chi connectivity index (χ0) is 12.7. The van der Waals surface area contributed by atoms with Gasteiger partial charge in [-0.25, -0.2) is 4.98 Å². The minimum absolute atomic E-state index is 0.880. The maximum atomic E-state index is 4.64. The van der Waals surface area contributed by atoms with E-state index in [9.17, 15) is 0 Å². The second-order valence-electron chi connectivity index (χ2n) is 4.76. The van der Waals surface area contributed by atoms with Crippen LogP contribution in [0.15, 0.2) is 10.7 Å². The Morgan fingerprint density at radius 2 is 2.22 bits per heavy atom. The molecular formula is C12H16BrN5. The lowest BCUT2D eigenvalue weighted by Gasteiger charge is -2.27. The Kier molecular flexibility index (Phi) is 2.99. The zero-order valence-corrected chi connectivity index (χ0v) is 12.2. The quantitative estimate of drug-likeness (QED) is 0.923. The summed E-state index contributed by atoms with van der Waals surface area (Å²) in [4.78, 5) is 7.02. The molecule has 3 heterocycles. The molecule has 0 fully saturated rings. The molecule has 0 bridgehead atoms. The van der Waals surface area contributed by atoms with Gasteiger partial charge in [0.15, 0.2) is 0 Å². The molecule has 1 aliphatic heterocycles. The van der Waals surface area contributed by atoms with Crippen molar-refractivity contribution in [2.45, 2.75) is 33.5 Å². The lowest BCUT2D eigenvalue weighted by Crippen LogP contribution is -2.33. The minimum Gasteiger partial charge on any atom is -0.330 e. The molecule has 0 spiro atoms. The van der Waals surface area contributed by atoms with Crippen LogP contribution >= 0.6 is 15.9 Å². The van der Waals surface area contributed by atoms with Crippen molar-refractivity contribution >= 4 is 15.9 Å². The lowest BCUT2D eigenvalue weighted by atomic mass is 10.3. The molecule has 96 valence electrons. The summed E-state index contributed by atoms with van der Waals surface area (Å²) in [5, 5.41) is 7.06. The maximum Gasteiger partial charge on any atom is 0.123 e. The fourth-order valence-corrected chi connectivity index (χ4v) is 2.75. The Balaban J connectivity index is 1.77. The molecule has 0 atom stereocenters. The van der Waals surface area contributed by atoms with Gasteiger partial charge < -0.3 is 4.57 Å². The Bertz CT molecular complexity index is 571. The minimum atomic E-state index is 0.880. The molecule has 5 nitrogen and oxygen atoms in total. The van der Waals surface area contributed by atoms with Crippen LogP contribution in [0.25, 0.3) is 0 Å². The number of nitrogens with one attached hydrogen (secondary N) is 1. The van der Waals surface area contributed by atoms with Crippen molar-refractivity contribution in [3.8, 4) is 0 Å². The smallest absolute Gasteiger partial charge is 0.123 e. The fraction of sp³-hybridized carbons (Fsp3) is 0.500. The molecule has 2 aromatic heterocycles. The average molecular weight is 310 g/mol. The van der Waals surface area contributed by atoms with E-state index in [0.29, 0.717) is 0 Å². The van der Waals surface area contributed by atoms with Crippen LogP contribution in [0, 0.1) is 13.8 Å². The predicted octanol–water partition coefficient (Wildman–Crippen LogP) is 2.00. The number of nitrogens with zero attached hydrogens (tertiary/aromatic N) is 4.